The molecule has 1 aromatic heterocycles. The number of pyridine rings is 1. The van der Waals surface area contributed by atoms with Crippen LogP contribution in [0.2, 0.25) is 0 Å². The molecule has 4 nitrogen and oxygen atoms in total. The number of hydrogen-bond donors (Lipinski definition) is 1. The highest BCUT2D eigenvalue weighted by Crippen LogP contribution is 2.13. The molecule has 2 rings (SSSR count). The van der Waals surface area contributed by atoms with Crippen molar-refractivity contribution in [1.29, 1.82) is 0 Å². The first-order chi connectivity index (χ1) is 8.50. The number of primary amides is 1. The molecule has 0 spiro atoms. The molecule has 2 aromatic rings. The van der Waals surface area contributed by atoms with E-state index in [9.17, 15) is 9.59 Å². The van der Waals surface area contributed by atoms with Crippen LogP contribution in [0, 0.1) is 13.8 Å². The van der Waals surface area contributed by atoms with E-state index >= 15 is 0 Å². The number of nitrogens with zero attached hydrogens (tertiary/aromatic N) is 1. The van der Waals surface area contributed by atoms with Gasteiger partial charge < -0.3 is 5.73 Å². The van der Waals surface area contributed by atoms with Crippen LogP contribution in [0.25, 0.3) is 5.69 Å². The lowest BCUT2D eigenvalue weighted by Crippen LogP contribution is -2.20. The SMILES string of the molecule is Cc1ccc(-n2cccc(C)c2=O)cc1C(N)=O. The summed E-state index contributed by atoms with van der Waals surface area (Å²) in [6.07, 6.45) is 1.67. The number of amides is 1. The maximum absolute atomic E-state index is 12.0. The van der Waals surface area contributed by atoms with E-state index in [0.29, 0.717) is 16.8 Å². The summed E-state index contributed by atoms with van der Waals surface area (Å²) in [5.74, 6) is -0.491. The summed E-state index contributed by atoms with van der Waals surface area (Å²) >= 11 is 0. The summed E-state index contributed by atoms with van der Waals surface area (Å²) in [6, 6.07) is 8.76. The molecular weight excluding hydrogens is 228 g/mol. The van der Waals surface area contributed by atoms with Crippen LogP contribution in [0.1, 0.15) is 21.5 Å². The summed E-state index contributed by atoms with van der Waals surface area (Å²) < 4.78 is 1.50. The van der Waals surface area contributed by atoms with E-state index in [-0.39, 0.29) is 5.56 Å². The highest BCUT2D eigenvalue weighted by Gasteiger charge is 2.08. The summed E-state index contributed by atoms with van der Waals surface area (Å²) in [4.78, 5) is 23.3. The van der Waals surface area contributed by atoms with Crippen LogP contribution in [0.15, 0.2) is 41.3 Å². The molecule has 0 bridgehead atoms. The van der Waals surface area contributed by atoms with Crippen LogP contribution in [-0.2, 0) is 0 Å². The molecule has 0 fully saturated rings. The molecule has 0 unspecified atom stereocenters. The molecule has 0 aliphatic rings. The van der Waals surface area contributed by atoms with Crippen molar-refractivity contribution in [3.63, 3.8) is 0 Å². The molecule has 92 valence electrons. The van der Waals surface area contributed by atoms with Crippen molar-refractivity contribution in [2.75, 3.05) is 0 Å². The first-order valence-electron chi connectivity index (χ1n) is 5.60. The fourth-order valence-corrected chi connectivity index (χ4v) is 1.83. The van der Waals surface area contributed by atoms with Crippen molar-refractivity contribution in [2.45, 2.75) is 13.8 Å². The third-order valence-electron chi connectivity index (χ3n) is 2.90. The second-order valence-corrected chi connectivity index (χ2v) is 4.23. The van der Waals surface area contributed by atoms with Crippen molar-refractivity contribution >= 4 is 5.91 Å². The Kier molecular flexibility index (Phi) is 3.02. The Bertz CT molecular complexity index is 672. The molecule has 18 heavy (non-hydrogen) atoms. The van der Waals surface area contributed by atoms with E-state index in [1.807, 2.05) is 6.92 Å². The second kappa shape index (κ2) is 4.49. The quantitative estimate of drug-likeness (QED) is 0.868. The molecule has 0 aliphatic carbocycles. The van der Waals surface area contributed by atoms with Crippen molar-refractivity contribution in [2.24, 2.45) is 5.73 Å². The van der Waals surface area contributed by atoms with Crippen LogP contribution in [-0.4, -0.2) is 10.5 Å². The minimum atomic E-state index is -0.491. The molecule has 0 saturated heterocycles. The summed E-state index contributed by atoms with van der Waals surface area (Å²) in [7, 11) is 0. The largest absolute Gasteiger partial charge is 0.366 e. The number of carbonyl (C=O) groups is 1. The van der Waals surface area contributed by atoms with Gasteiger partial charge in [-0.05, 0) is 37.6 Å². The summed E-state index contributed by atoms with van der Waals surface area (Å²) in [6.45, 7) is 3.56. The molecule has 1 aromatic carbocycles. The van der Waals surface area contributed by atoms with E-state index in [0.717, 1.165) is 5.56 Å². The first-order valence-corrected chi connectivity index (χ1v) is 5.60. The van der Waals surface area contributed by atoms with Crippen LogP contribution >= 0.6 is 0 Å². The molecule has 4 heteroatoms. The maximum Gasteiger partial charge on any atom is 0.257 e. The van der Waals surface area contributed by atoms with Crippen LogP contribution in [0.3, 0.4) is 0 Å². The van der Waals surface area contributed by atoms with Gasteiger partial charge in [0.2, 0.25) is 5.91 Å². The molecule has 0 saturated carbocycles. The average molecular weight is 242 g/mol. The fourth-order valence-electron chi connectivity index (χ4n) is 1.83. The van der Waals surface area contributed by atoms with Crippen molar-refractivity contribution < 1.29 is 4.79 Å². The summed E-state index contributed by atoms with van der Waals surface area (Å²) in [5, 5.41) is 0. The van der Waals surface area contributed by atoms with E-state index < -0.39 is 5.91 Å². The Hall–Kier alpha value is -2.36. The zero-order chi connectivity index (χ0) is 13.3. The standard InChI is InChI=1S/C14H14N2O2/c1-9-5-6-11(8-12(9)13(15)17)16-7-3-4-10(2)14(16)18/h3-8H,1-2H3,(H2,15,17). The highest BCUT2D eigenvalue weighted by atomic mass is 16.1. The third-order valence-corrected chi connectivity index (χ3v) is 2.90. The number of aromatic nitrogens is 1. The Balaban J connectivity index is 2.65. The van der Waals surface area contributed by atoms with Gasteiger partial charge in [0, 0.05) is 23.0 Å². The predicted octanol–water partition coefficient (Wildman–Crippen LogP) is 1.55. The monoisotopic (exact) mass is 242 g/mol. The smallest absolute Gasteiger partial charge is 0.257 e. The molecule has 0 aliphatic heterocycles. The van der Waals surface area contributed by atoms with Gasteiger partial charge in [0.25, 0.3) is 5.56 Å². The van der Waals surface area contributed by atoms with E-state index in [1.165, 1.54) is 4.57 Å². The van der Waals surface area contributed by atoms with Crippen LogP contribution in [0.5, 0.6) is 0 Å². The normalized spacial score (nSPS) is 10.3. The van der Waals surface area contributed by atoms with Gasteiger partial charge in [0.1, 0.15) is 0 Å². The van der Waals surface area contributed by atoms with Gasteiger partial charge in [-0.2, -0.15) is 0 Å². The number of hydrogen-bond acceptors (Lipinski definition) is 2. The zero-order valence-electron chi connectivity index (χ0n) is 10.3. The summed E-state index contributed by atoms with van der Waals surface area (Å²) in [5.41, 5.74) is 7.73. The lowest BCUT2D eigenvalue weighted by molar-refractivity contribution is 0.0999. The molecule has 2 N–H and O–H groups in total. The second-order valence-electron chi connectivity index (χ2n) is 4.23. The molecule has 1 amide bonds. The lowest BCUT2D eigenvalue weighted by atomic mass is 10.1. The predicted molar refractivity (Wildman–Crippen MR) is 70.0 cm³/mol. The first kappa shape index (κ1) is 12.1. The Labute approximate surface area is 105 Å². The van der Waals surface area contributed by atoms with Gasteiger partial charge in [0.05, 0.1) is 0 Å². The van der Waals surface area contributed by atoms with Gasteiger partial charge in [-0.3, -0.25) is 14.2 Å². The Morgan fingerprint density at radius 1 is 1.17 bits per heavy atom. The minimum Gasteiger partial charge on any atom is -0.366 e. The van der Waals surface area contributed by atoms with E-state index in [1.54, 1.807) is 43.5 Å². The van der Waals surface area contributed by atoms with E-state index in [4.69, 9.17) is 5.73 Å². The zero-order valence-corrected chi connectivity index (χ0v) is 10.3. The van der Waals surface area contributed by atoms with Crippen LogP contribution in [0.4, 0.5) is 0 Å². The maximum atomic E-state index is 12.0. The van der Waals surface area contributed by atoms with E-state index in [2.05, 4.69) is 0 Å². The van der Waals surface area contributed by atoms with Gasteiger partial charge >= 0.3 is 0 Å². The topological polar surface area (TPSA) is 65.1 Å². The molecule has 1 heterocycles. The number of carbonyl (C=O) groups excluding carboxylic acids is 1. The highest BCUT2D eigenvalue weighted by molar-refractivity contribution is 5.94. The Morgan fingerprint density at radius 3 is 2.56 bits per heavy atom. The van der Waals surface area contributed by atoms with Crippen LogP contribution < -0.4 is 11.3 Å². The number of benzene rings is 1. The van der Waals surface area contributed by atoms with Gasteiger partial charge in [-0.25, -0.2) is 0 Å². The molecule has 0 radical (unpaired) electrons. The lowest BCUT2D eigenvalue weighted by Gasteiger charge is -2.09. The number of rotatable bonds is 2. The van der Waals surface area contributed by atoms with Crippen molar-refractivity contribution in [3.8, 4) is 5.69 Å². The average Bonchev–Trinajstić information content (AvgIpc) is 2.33. The number of aryl methyl sites for hydroxylation is 2. The molecular formula is C14H14N2O2. The van der Waals surface area contributed by atoms with Crippen molar-refractivity contribution in [3.05, 3.63) is 63.6 Å². The fraction of sp³-hybridized carbons (Fsp3) is 0.143. The third kappa shape index (κ3) is 2.05. The minimum absolute atomic E-state index is 0.100. The molecule has 0 atom stereocenters. The Morgan fingerprint density at radius 2 is 1.89 bits per heavy atom. The van der Waals surface area contributed by atoms with Crippen molar-refractivity contribution in [1.82, 2.24) is 4.57 Å². The van der Waals surface area contributed by atoms with Gasteiger partial charge in [0.15, 0.2) is 0 Å². The van der Waals surface area contributed by atoms with Gasteiger partial charge in [-0.1, -0.05) is 12.1 Å². The van der Waals surface area contributed by atoms with Gasteiger partial charge in [-0.15, -0.1) is 0 Å². The number of nitrogens with two attached hydrogens (primary N) is 1.